The molecule has 0 aliphatic rings. The summed E-state index contributed by atoms with van der Waals surface area (Å²) in [6.45, 7) is 0. The van der Waals surface area contributed by atoms with E-state index >= 15 is 0 Å². The SMILES string of the molecule is Oc1ccc(Cl)cc1N=Cc1nc2ccccc2[nH]1. The number of fused-ring (bicyclic) bond motifs is 1. The number of para-hydroxylation sites is 2. The van der Waals surface area contributed by atoms with Crippen LogP contribution in [0.15, 0.2) is 47.5 Å². The minimum Gasteiger partial charge on any atom is -0.506 e. The summed E-state index contributed by atoms with van der Waals surface area (Å²) in [4.78, 5) is 11.7. The number of rotatable bonds is 2. The molecule has 1 heterocycles. The van der Waals surface area contributed by atoms with E-state index < -0.39 is 0 Å². The molecule has 3 rings (SSSR count). The molecule has 5 heteroatoms. The summed E-state index contributed by atoms with van der Waals surface area (Å²) in [6.07, 6.45) is 1.56. The number of aromatic nitrogens is 2. The molecule has 4 nitrogen and oxygen atoms in total. The van der Waals surface area contributed by atoms with E-state index in [0.29, 0.717) is 16.5 Å². The third-order valence-corrected chi connectivity index (χ3v) is 2.91. The molecule has 0 atom stereocenters. The number of nitrogens with one attached hydrogen (secondary N) is 1. The molecule has 0 radical (unpaired) electrons. The number of aromatic amines is 1. The summed E-state index contributed by atoms with van der Waals surface area (Å²) < 4.78 is 0. The zero-order valence-corrected chi connectivity index (χ0v) is 10.6. The third kappa shape index (κ3) is 2.44. The van der Waals surface area contributed by atoms with Crippen LogP contribution in [-0.4, -0.2) is 21.3 Å². The molecule has 0 fully saturated rings. The lowest BCUT2D eigenvalue weighted by Crippen LogP contribution is -1.82. The molecule has 2 N–H and O–H groups in total. The topological polar surface area (TPSA) is 61.3 Å². The first-order valence-corrected chi connectivity index (χ1v) is 6.07. The van der Waals surface area contributed by atoms with Gasteiger partial charge >= 0.3 is 0 Å². The number of hydrogen-bond acceptors (Lipinski definition) is 3. The Morgan fingerprint density at radius 3 is 2.89 bits per heavy atom. The van der Waals surface area contributed by atoms with Gasteiger partial charge in [0, 0.05) is 5.02 Å². The van der Waals surface area contributed by atoms with Gasteiger partial charge in [-0.1, -0.05) is 23.7 Å². The minimum absolute atomic E-state index is 0.0803. The van der Waals surface area contributed by atoms with E-state index in [0.717, 1.165) is 11.0 Å². The summed E-state index contributed by atoms with van der Waals surface area (Å²) in [5, 5.41) is 10.2. The lowest BCUT2D eigenvalue weighted by Gasteiger charge is -1.97. The fourth-order valence-corrected chi connectivity index (χ4v) is 1.93. The monoisotopic (exact) mass is 271 g/mol. The van der Waals surface area contributed by atoms with E-state index in [-0.39, 0.29) is 5.75 Å². The second kappa shape index (κ2) is 4.74. The molecule has 0 saturated heterocycles. The maximum Gasteiger partial charge on any atom is 0.149 e. The number of aliphatic imine (C=N–C) groups is 1. The zero-order valence-electron chi connectivity index (χ0n) is 9.84. The van der Waals surface area contributed by atoms with E-state index in [9.17, 15) is 5.11 Å². The van der Waals surface area contributed by atoms with Gasteiger partial charge in [0.15, 0.2) is 0 Å². The first-order chi connectivity index (χ1) is 9.22. The van der Waals surface area contributed by atoms with Crippen LogP contribution in [0.2, 0.25) is 5.02 Å². The number of nitrogens with zero attached hydrogens (tertiary/aromatic N) is 2. The molecule has 1 aromatic heterocycles. The van der Waals surface area contributed by atoms with Crippen LogP contribution in [0.5, 0.6) is 5.75 Å². The van der Waals surface area contributed by atoms with Crippen LogP contribution in [0.1, 0.15) is 5.82 Å². The number of hydrogen-bond donors (Lipinski definition) is 2. The summed E-state index contributed by atoms with van der Waals surface area (Å²) in [7, 11) is 0. The molecule has 0 unspecified atom stereocenters. The Balaban J connectivity index is 1.95. The maximum atomic E-state index is 9.65. The molecule has 0 saturated carbocycles. The van der Waals surface area contributed by atoms with Gasteiger partial charge in [-0.15, -0.1) is 0 Å². The second-order valence-electron chi connectivity index (χ2n) is 4.03. The average Bonchev–Trinajstić information content (AvgIpc) is 2.82. The van der Waals surface area contributed by atoms with Crippen molar-refractivity contribution in [3.05, 3.63) is 53.3 Å². The Labute approximate surface area is 114 Å². The molecule has 0 amide bonds. The van der Waals surface area contributed by atoms with Crippen LogP contribution in [0.25, 0.3) is 11.0 Å². The lowest BCUT2D eigenvalue weighted by molar-refractivity contribution is 0.477. The van der Waals surface area contributed by atoms with Gasteiger partial charge in [0.05, 0.1) is 17.2 Å². The van der Waals surface area contributed by atoms with Crippen molar-refractivity contribution in [2.75, 3.05) is 0 Å². The predicted octanol–water partition coefficient (Wildman–Crippen LogP) is 3.67. The molecule has 94 valence electrons. The van der Waals surface area contributed by atoms with Crippen molar-refractivity contribution in [1.29, 1.82) is 0 Å². The number of benzene rings is 2. The number of H-pyrrole nitrogens is 1. The van der Waals surface area contributed by atoms with E-state index in [4.69, 9.17) is 11.6 Å². The Bertz CT molecular complexity index is 731. The van der Waals surface area contributed by atoms with Crippen molar-refractivity contribution < 1.29 is 5.11 Å². The minimum atomic E-state index is 0.0803. The van der Waals surface area contributed by atoms with Crippen LogP contribution in [0.3, 0.4) is 0 Å². The molecule has 3 aromatic rings. The van der Waals surface area contributed by atoms with E-state index in [2.05, 4.69) is 15.0 Å². The smallest absolute Gasteiger partial charge is 0.149 e. The Morgan fingerprint density at radius 1 is 1.21 bits per heavy atom. The fourth-order valence-electron chi connectivity index (χ4n) is 1.76. The van der Waals surface area contributed by atoms with Gasteiger partial charge in [-0.2, -0.15) is 0 Å². The maximum absolute atomic E-state index is 9.65. The van der Waals surface area contributed by atoms with Crippen molar-refractivity contribution in [2.24, 2.45) is 4.99 Å². The number of phenolic OH excluding ortho intramolecular Hbond substituents is 1. The fraction of sp³-hybridized carbons (Fsp3) is 0. The largest absolute Gasteiger partial charge is 0.506 e. The predicted molar refractivity (Wildman–Crippen MR) is 76.5 cm³/mol. The number of aromatic hydroxyl groups is 1. The van der Waals surface area contributed by atoms with Crippen molar-refractivity contribution in [3.8, 4) is 5.75 Å². The molecule has 19 heavy (non-hydrogen) atoms. The normalized spacial score (nSPS) is 11.4. The van der Waals surface area contributed by atoms with Crippen molar-refractivity contribution in [3.63, 3.8) is 0 Å². The average molecular weight is 272 g/mol. The highest BCUT2D eigenvalue weighted by Crippen LogP contribution is 2.29. The van der Waals surface area contributed by atoms with Gasteiger partial charge in [0.2, 0.25) is 0 Å². The summed E-state index contributed by atoms with van der Waals surface area (Å²) in [5.41, 5.74) is 2.23. The number of halogens is 1. The Morgan fingerprint density at radius 2 is 2.05 bits per heavy atom. The summed E-state index contributed by atoms with van der Waals surface area (Å²) in [6, 6.07) is 12.4. The Kier molecular flexibility index (Phi) is 2.93. The molecular weight excluding hydrogens is 262 g/mol. The zero-order chi connectivity index (χ0) is 13.2. The third-order valence-electron chi connectivity index (χ3n) is 2.67. The van der Waals surface area contributed by atoms with Crippen LogP contribution in [0.4, 0.5) is 5.69 Å². The van der Waals surface area contributed by atoms with Crippen molar-refractivity contribution in [2.45, 2.75) is 0 Å². The van der Waals surface area contributed by atoms with E-state index in [1.54, 1.807) is 18.3 Å². The van der Waals surface area contributed by atoms with Crippen LogP contribution >= 0.6 is 11.6 Å². The van der Waals surface area contributed by atoms with Crippen molar-refractivity contribution >= 4 is 34.5 Å². The summed E-state index contributed by atoms with van der Waals surface area (Å²) >= 11 is 5.85. The number of phenols is 1. The number of imidazole rings is 1. The highest BCUT2D eigenvalue weighted by molar-refractivity contribution is 6.30. The standard InChI is InChI=1S/C14H10ClN3O/c15-9-5-6-13(19)12(7-9)16-8-14-17-10-3-1-2-4-11(10)18-14/h1-8,19H,(H,17,18). The summed E-state index contributed by atoms with van der Waals surface area (Å²) in [5.74, 6) is 0.706. The molecular formula is C14H10ClN3O. The van der Waals surface area contributed by atoms with Gasteiger partial charge in [-0.25, -0.2) is 9.98 Å². The lowest BCUT2D eigenvalue weighted by atomic mass is 10.3. The second-order valence-corrected chi connectivity index (χ2v) is 4.47. The van der Waals surface area contributed by atoms with Gasteiger partial charge in [0.25, 0.3) is 0 Å². The first kappa shape index (κ1) is 11.7. The van der Waals surface area contributed by atoms with Gasteiger partial charge < -0.3 is 10.1 Å². The quantitative estimate of drug-likeness (QED) is 0.699. The molecule has 0 aliphatic heterocycles. The molecule has 0 spiro atoms. The van der Waals surface area contributed by atoms with Crippen LogP contribution in [0, 0.1) is 0 Å². The Hall–Kier alpha value is -2.33. The highest BCUT2D eigenvalue weighted by atomic mass is 35.5. The first-order valence-electron chi connectivity index (χ1n) is 5.70. The molecule has 0 bridgehead atoms. The van der Waals surface area contributed by atoms with E-state index in [1.165, 1.54) is 6.07 Å². The highest BCUT2D eigenvalue weighted by Gasteiger charge is 2.01. The van der Waals surface area contributed by atoms with Crippen LogP contribution < -0.4 is 0 Å². The van der Waals surface area contributed by atoms with E-state index in [1.807, 2.05) is 24.3 Å². The van der Waals surface area contributed by atoms with Crippen molar-refractivity contribution in [1.82, 2.24) is 9.97 Å². The molecule has 0 aliphatic carbocycles. The van der Waals surface area contributed by atoms with Gasteiger partial charge in [0.1, 0.15) is 17.3 Å². The van der Waals surface area contributed by atoms with Gasteiger partial charge in [-0.3, -0.25) is 0 Å². The van der Waals surface area contributed by atoms with Gasteiger partial charge in [-0.05, 0) is 30.3 Å². The van der Waals surface area contributed by atoms with Crippen LogP contribution in [-0.2, 0) is 0 Å². The molecule has 2 aromatic carbocycles.